The number of aliphatic hydroxyl groups is 1. The number of rotatable bonds is 2. The molecule has 1 saturated heterocycles. The predicted octanol–water partition coefficient (Wildman–Crippen LogP) is 4.06. The second-order valence-corrected chi connectivity index (χ2v) is 7.55. The fourth-order valence-electron chi connectivity index (χ4n) is 3.05. The third kappa shape index (κ3) is 3.11. The van der Waals surface area contributed by atoms with E-state index in [4.69, 9.17) is 4.74 Å². The van der Waals surface area contributed by atoms with Crippen molar-refractivity contribution in [2.45, 2.75) is 51.4 Å². The lowest BCUT2D eigenvalue weighted by Gasteiger charge is -2.30. The molecule has 2 unspecified atom stereocenters. The second kappa shape index (κ2) is 4.97. The van der Waals surface area contributed by atoms with Crippen LogP contribution in [-0.2, 0) is 4.74 Å². The number of ether oxygens (including phenoxy) is 1. The minimum absolute atomic E-state index is 0.00137. The van der Waals surface area contributed by atoms with Crippen LogP contribution in [0.25, 0.3) is 0 Å². The van der Waals surface area contributed by atoms with Crippen LogP contribution in [-0.4, -0.2) is 16.3 Å². The minimum atomic E-state index is -0.635. The molecule has 0 spiro atoms. The van der Waals surface area contributed by atoms with E-state index in [1.807, 2.05) is 27.7 Å². The molecule has 4 heteroatoms. The van der Waals surface area contributed by atoms with E-state index < -0.39 is 6.10 Å². The summed E-state index contributed by atoms with van der Waals surface area (Å²) in [4.78, 5) is 0. The molecular formula is C15H20FIO2. The fourth-order valence-corrected chi connectivity index (χ4v) is 3.85. The summed E-state index contributed by atoms with van der Waals surface area (Å²) in [6, 6.07) is 4.52. The molecule has 2 nitrogen and oxygen atoms in total. The van der Waals surface area contributed by atoms with E-state index in [9.17, 15) is 9.50 Å². The molecule has 1 heterocycles. The van der Waals surface area contributed by atoms with Gasteiger partial charge in [0.1, 0.15) is 5.82 Å². The molecule has 1 aliphatic heterocycles. The lowest BCUT2D eigenvalue weighted by Crippen LogP contribution is -2.32. The first kappa shape index (κ1) is 15.2. The molecule has 1 aromatic carbocycles. The Bertz CT molecular complexity index is 485. The van der Waals surface area contributed by atoms with E-state index in [0.29, 0.717) is 0 Å². The SMILES string of the molecule is CC1(C)CC(C(O)c2ccc(F)cc2I)C(C)(C)O1. The Kier molecular flexibility index (Phi) is 3.97. The number of benzene rings is 1. The molecule has 0 aromatic heterocycles. The van der Waals surface area contributed by atoms with Gasteiger partial charge in [0.25, 0.3) is 0 Å². The first-order valence-electron chi connectivity index (χ1n) is 6.45. The summed E-state index contributed by atoms with van der Waals surface area (Å²) in [7, 11) is 0. The summed E-state index contributed by atoms with van der Waals surface area (Å²) in [5.41, 5.74) is 0.155. The molecule has 2 atom stereocenters. The van der Waals surface area contributed by atoms with Crippen LogP contribution in [0.3, 0.4) is 0 Å². The maximum Gasteiger partial charge on any atom is 0.124 e. The van der Waals surface area contributed by atoms with Crippen molar-refractivity contribution in [2.75, 3.05) is 0 Å². The van der Waals surface area contributed by atoms with E-state index in [-0.39, 0.29) is 22.9 Å². The maximum absolute atomic E-state index is 13.2. The number of hydrogen-bond acceptors (Lipinski definition) is 2. The smallest absolute Gasteiger partial charge is 0.124 e. The zero-order valence-corrected chi connectivity index (χ0v) is 13.9. The van der Waals surface area contributed by atoms with Gasteiger partial charge in [0.05, 0.1) is 17.3 Å². The van der Waals surface area contributed by atoms with Crippen molar-refractivity contribution in [2.24, 2.45) is 5.92 Å². The van der Waals surface area contributed by atoms with E-state index in [2.05, 4.69) is 22.6 Å². The van der Waals surface area contributed by atoms with Crippen LogP contribution in [0.2, 0.25) is 0 Å². The van der Waals surface area contributed by atoms with Gasteiger partial charge in [-0.25, -0.2) is 4.39 Å². The Morgan fingerprint density at radius 3 is 2.47 bits per heavy atom. The van der Waals surface area contributed by atoms with Gasteiger partial charge in [-0.3, -0.25) is 0 Å². The van der Waals surface area contributed by atoms with Crippen LogP contribution >= 0.6 is 22.6 Å². The van der Waals surface area contributed by atoms with Crippen molar-refractivity contribution in [3.63, 3.8) is 0 Å². The Balaban J connectivity index is 2.31. The third-order valence-corrected chi connectivity index (χ3v) is 4.74. The molecular weight excluding hydrogens is 358 g/mol. The quantitative estimate of drug-likeness (QED) is 0.787. The van der Waals surface area contributed by atoms with Gasteiger partial charge in [0.15, 0.2) is 0 Å². The normalized spacial score (nSPS) is 26.4. The molecule has 106 valence electrons. The van der Waals surface area contributed by atoms with Crippen LogP contribution in [0.1, 0.15) is 45.8 Å². The van der Waals surface area contributed by atoms with Crippen molar-refractivity contribution in [3.8, 4) is 0 Å². The summed E-state index contributed by atoms with van der Waals surface area (Å²) in [5, 5.41) is 10.7. The summed E-state index contributed by atoms with van der Waals surface area (Å²) in [6.45, 7) is 8.09. The van der Waals surface area contributed by atoms with Crippen molar-refractivity contribution in [1.29, 1.82) is 0 Å². The van der Waals surface area contributed by atoms with Gasteiger partial charge in [0.2, 0.25) is 0 Å². The van der Waals surface area contributed by atoms with Crippen molar-refractivity contribution in [1.82, 2.24) is 0 Å². The molecule has 0 saturated carbocycles. The molecule has 1 fully saturated rings. The molecule has 0 bridgehead atoms. The van der Waals surface area contributed by atoms with Crippen LogP contribution in [0.5, 0.6) is 0 Å². The average molecular weight is 378 g/mol. The highest BCUT2D eigenvalue weighted by Crippen LogP contribution is 2.48. The molecule has 1 aromatic rings. The maximum atomic E-state index is 13.2. The molecule has 0 amide bonds. The van der Waals surface area contributed by atoms with Gasteiger partial charge in [-0.15, -0.1) is 0 Å². The van der Waals surface area contributed by atoms with Crippen molar-refractivity contribution in [3.05, 3.63) is 33.1 Å². The standard InChI is InChI=1S/C15H20FIO2/c1-14(2)8-11(15(3,4)19-14)13(18)10-6-5-9(16)7-12(10)17/h5-7,11,13,18H,8H2,1-4H3. The topological polar surface area (TPSA) is 29.5 Å². The van der Waals surface area contributed by atoms with Crippen LogP contribution < -0.4 is 0 Å². The van der Waals surface area contributed by atoms with Gasteiger partial charge >= 0.3 is 0 Å². The lowest BCUT2D eigenvalue weighted by atomic mass is 9.80. The predicted molar refractivity (Wildman–Crippen MR) is 81.4 cm³/mol. The summed E-state index contributed by atoms with van der Waals surface area (Å²) >= 11 is 2.07. The molecule has 1 N–H and O–H groups in total. The zero-order valence-electron chi connectivity index (χ0n) is 11.7. The average Bonchev–Trinajstić information content (AvgIpc) is 2.45. The highest BCUT2D eigenvalue weighted by molar-refractivity contribution is 14.1. The Morgan fingerprint density at radius 1 is 1.37 bits per heavy atom. The van der Waals surface area contributed by atoms with Crippen LogP contribution in [0.15, 0.2) is 18.2 Å². The molecule has 0 aliphatic carbocycles. The van der Waals surface area contributed by atoms with Crippen LogP contribution in [0.4, 0.5) is 4.39 Å². The summed E-state index contributed by atoms with van der Waals surface area (Å²) < 4.78 is 19.9. The van der Waals surface area contributed by atoms with E-state index >= 15 is 0 Å². The van der Waals surface area contributed by atoms with Gasteiger partial charge in [-0.05, 0) is 74.4 Å². The summed E-state index contributed by atoms with van der Waals surface area (Å²) in [6.07, 6.45) is 0.151. The number of halogens is 2. The minimum Gasteiger partial charge on any atom is -0.388 e. The van der Waals surface area contributed by atoms with Crippen molar-refractivity contribution >= 4 is 22.6 Å². The van der Waals surface area contributed by atoms with E-state index in [1.54, 1.807) is 6.07 Å². The monoisotopic (exact) mass is 378 g/mol. The zero-order chi connectivity index (χ0) is 14.4. The van der Waals surface area contributed by atoms with Gasteiger partial charge < -0.3 is 9.84 Å². The largest absolute Gasteiger partial charge is 0.388 e. The van der Waals surface area contributed by atoms with Gasteiger partial charge in [-0.2, -0.15) is 0 Å². The number of aliphatic hydroxyl groups excluding tert-OH is 1. The first-order valence-corrected chi connectivity index (χ1v) is 7.53. The van der Waals surface area contributed by atoms with Gasteiger partial charge in [-0.1, -0.05) is 6.07 Å². The molecule has 0 radical (unpaired) electrons. The van der Waals surface area contributed by atoms with E-state index in [1.165, 1.54) is 12.1 Å². The fraction of sp³-hybridized carbons (Fsp3) is 0.600. The highest BCUT2D eigenvalue weighted by Gasteiger charge is 2.49. The third-order valence-electron chi connectivity index (χ3n) is 3.81. The van der Waals surface area contributed by atoms with Crippen LogP contribution in [0, 0.1) is 15.3 Å². The number of hydrogen-bond donors (Lipinski definition) is 1. The Hall–Kier alpha value is -0.200. The Morgan fingerprint density at radius 2 is 2.00 bits per heavy atom. The van der Waals surface area contributed by atoms with Crippen molar-refractivity contribution < 1.29 is 14.2 Å². The molecule has 19 heavy (non-hydrogen) atoms. The molecule has 1 aliphatic rings. The van der Waals surface area contributed by atoms with E-state index in [0.717, 1.165) is 15.6 Å². The Labute approximate surface area is 127 Å². The highest BCUT2D eigenvalue weighted by atomic mass is 127. The summed E-state index contributed by atoms with van der Waals surface area (Å²) in [5.74, 6) is -0.274. The molecule has 2 rings (SSSR count). The van der Waals surface area contributed by atoms with Gasteiger partial charge in [0, 0.05) is 9.49 Å². The lowest BCUT2D eigenvalue weighted by molar-refractivity contribution is -0.0881. The second-order valence-electron chi connectivity index (χ2n) is 6.39. The first-order chi connectivity index (χ1) is 8.62.